The number of alkyl halides is 7. The molecular weight excluding hydrogens is 531 g/mol. The van der Waals surface area contributed by atoms with Crippen molar-refractivity contribution in [3.8, 4) is 0 Å². The van der Waals surface area contributed by atoms with Gasteiger partial charge in [0.05, 0.1) is 12.3 Å². The van der Waals surface area contributed by atoms with Crippen LogP contribution in [0.1, 0.15) is 49.6 Å². The number of fused-ring (bicyclic) bond motifs is 1. The number of aromatic amines is 1. The van der Waals surface area contributed by atoms with Gasteiger partial charge in [0.25, 0.3) is 0 Å². The minimum Gasteiger partial charge on any atom is -0.443 e. The number of imidazole rings is 1. The molecule has 17 heteroatoms. The number of halogens is 7. The summed E-state index contributed by atoms with van der Waals surface area (Å²) in [4.78, 5) is 19.2. The summed E-state index contributed by atoms with van der Waals surface area (Å²) in [6, 6.07) is 1.22. The number of carbonyl (C=O) groups is 1. The molecule has 38 heavy (non-hydrogen) atoms. The summed E-state index contributed by atoms with van der Waals surface area (Å²) in [6.45, 7) is 2.34. The van der Waals surface area contributed by atoms with E-state index in [0.29, 0.717) is 18.3 Å². The van der Waals surface area contributed by atoms with Gasteiger partial charge in [0.2, 0.25) is 5.95 Å². The van der Waals surface area contributed by atoms with Gasteiger partial charge in [0.15, 0.2) is 11.5 Å². The molecule has 0 bridgehead atoms. The zero-order chi connectivity index (χ0) is 27.8. The van der Waals surface area contributed by atoms with Gasteiger partial charge in [0, 0.05) is 36.1 Å². The van der Waals surface area contributed by atoms with Gasteiger partial charge in [-0.05, 0) is 26.7 Å². The van der Waals surface area contributed by atoms with Crippen LogP contribution in [-0.2, 0) is 22.3 Å². The number of amides is 1. The van der Waals surface area contributed by atoms with Crippen LogP contribution in [0.5, 0.6) is 0 Å². The van der Waals surface area contributed by atoms with Gasteiger partial charge in [-0.1, -0.05) is 0 Å². The Kier molecular flexibility index (Phi) is 7.40. The van der Waals surface area contributed by atoms with Crippen LogP contribution in [0.2, 0.25) is 0 Å². The third kappa shape index (κ3) is 6.25. The average Bonchev–Trinajstić information content (AvgIpc) is 3.50. The van der Waals surface area contributed by atoms with Crippen molar-refractivity contribution in [2.24, 2.45) is 0 Å². The number of rotatable bonds is 7. The first kappa shape index (κ1) is 27.4. The predicted octanol–water partition coefficient (Wildman–Crippen LogP) is 4.97. The number of nitrogens with one attached hydrogen (secondary N) is 3. The van der Waals surface area contributed by atoms with Crippen molar-refractivity contribution in [1.29, 1.82) is 0 Å². The van der Waals surface area contributed by atoms with Gasteiger partial charge in [-0.25, -0.2) is 19.2 Å². The van der Waals surface area contributed by atoms with Crippen LogP contribution in [-0.4, -0.2) is 55.3 Å². The zero-order valence-electron chi connectivity index (χ0n) is 19.8. The van der Waals surface area contributed by atoms with E-state index in [1.165, 1.54) is 6.07 Å². The van der Waals surface area contributed by atoms with E-state index in [9.17, 15) is 35.5 Å². The highest BCUT2D eigenvalue weighted by Gasteiger charge is 2.41. The van der Waals surface area contributed by atoms with Crippen molar-refractivity contribution in [3.63, 3.8) is 0 Å². The van der Waals surface area contributed by atoms with Crippen LogP contribution in [0.15, 0.2) is 18.5 Å². The molecule has 3 heterocycles. The van der Waals surface area contributed by atoms with Crippen LogP contribution < -0.4 is 10.6 Å². The monoisotopic (exact) mass is 553 g/mol. The maximum Gasteiger partial charge on any atom is 0.522 e. The van der Waals surface area contributed by atoms with Gasteiger partial charge >= 0.3 is 18.6 Å². The Morgan fingerprint density at radius 2 is 1.97 bits per heavy atom. The molecule has 3 N–H and O–H groups in total. The van der Waals surface area contributed by atoms with Crippen LogP contribution >= 0.6 is 0 Å². The second kappa shape index (κ2) is 10.3. The molecule has 0 saturated heterocycles. The Morgan fingerprint density at radius 1 is 1.24 bits per heavy atom. The Morgan fingerprint density at radius 3 is 2.63 bits per heavy atom. The molecule has 10 nitrogen and oxygen atoms in total. The molecule has 4 rings (SSSR count). The Labute approximate surface area is 209 Å². The number of alkyl carbamates (subject to hydrolysis) is 1. The molecule has 1 aliphatic rings. The van der Waals surface area contributed by atoms with E-state index in [2.05, 4.69) is 35.5 Å². The van der Waals surface area contributed by atoms with E-state index in [4.69, 9.17) is 4.74 Å². The second-order valence-corrected chi connectivity index (χ2v) is 8.86. The molecule has 1 amide bonds. The van der Waals surface area contributed by atoms with Gasteiger partial charge in [-0.15, -0.1) is 13.2 Å². The minimum absolute atomic E-state index is 0.0458. The maximum absolute atomic E-state index is 15.0. The number of nitrogens with zero attached hydrogens (tertiary/aromatic N) is 4. The third-order valence-corrected chi connectivity index (χ3v) is 5.63. The first-order chi connectivity index (χ1) is 17.7. The quantitative estimate of drug-likeness (QED) is 0.354. The fraction of sp³-hybridized carbons (Fsp3) is 0.524. The smallest absolute Gasteiger partial charge is 0.443 e. The highest BCUT2D eigenvalue weighted by molar-refractivity contribution is 5.67. The summed E-state index contributed by atoms with van der Waals surface area (Å²) >= 11 is 0. The first-order valence-electron chi connectivity index (χ1n) is 11.3. The molecule has 1 aliphatic carbocycles. The van der Waals surface area contributed by atoms with Crippen LogP contribution in [0, 0.1) is 0 Å². The molecule has 3 aromatic rings. The van der Waals surface area contributed by atoms with Crippen LogP contribution in [0.4, 0.5) is 47.3 Å². The summed E-state index contributed by atoms with van der Waals surface area (Å²) in [6.07, 6.45) is -11.2. The van der Waals surface area contributed by atoms with Crippen molar-refractivity contribution in [3.05, 3.63) is 35.4 Å². The van der Waals surface area contributed by atoms with Gasteiger partial charge < -0.3 is 15.4 Å². The van der Waals surface area contributed by atoms with E-state index in [1.807, 2.05) is 0 Å². The fourth-order valence-corrected chi connectivity index (χ4v) is 4.03. The number of aromatic nitrogens is 5. The largest absolute Gasteiger partial charge is 0.522 e. The predicted molar refractivity (Wildman–Crippen MR) is 116 cm³/mol. The molecule has 0 unspecified atom stereocenters. The summed E-state index contributed by atoms with van der Waals surface area (Å²) in [5, 5.41) is 11.8. The van der Waals surface area contributed by atoms with E-state index < -0.39 is 60.3 Å². The fourth-order valence-electron chi connectivity index (χ4n) is 4.03. The van der Waals surface area contributed by atoms with Crippen molar-refractivity contribution in [2.45, 2.75) is 70.1 Å². The third-order valence-electron chi connectivity index (χ3n) is 5.63. The highest BCUT2D eigenvalue weighted by atomic mass is 19.4. The Bertz CT molecular complexity index is 1290. The number of hydrogen-bond donors (Lipinski definition) is 3. The lowest BCUT2D eigenvalue weighted by atomic mass is 10.0. The highest BCUT2D eigenvalue weighted by Crippen LogP contribution is 2.39. The standard InChI is InChI=1S/C21H22F7N7O3/c1-9(2)30-19(36)38-14-4-3-11(16(14)22)13-5-15(34-33-13)32-18-29-6-12(20(23,24)25)17-31-10(7-35(17)18)8-37-21(26,27)28/h5-7,9,11,14,16H,3-4,8H2,1-2H3,(H,30,36)(H2,29,32,33,34)/t11-,14-,16-/m1/s1. The van der Waals surface area contributed by atoms with Crippen molar-refractivity contribution < 1.29 is 45.0 Å². The van der Waals surface area contributed by atoms with Gasteiger partial charge in [0.1, 0.15) is 17.8 Å². The minimum atomic E-state index is -5.01. The summed E-state index contributed by atoms with van der Waals surface area (Å²) in [7, 11) is 0. The van der Waals surface area contributed by atoms with E-state index in [0.717, 1.165) is 10.6 Å². The normalized spacial score (nSPS) is 20.3. The topological polar surface area (TPSA) is 118 Å². The molecule has 0 aliphatic heterocycles. The number of hydrogen-bond acceptors (Lipinski definition) is 7. The van der Waals surface area contributed by atoms with Crippen molar-refractivity contribution in [1.82, 2.24) is 29.9 Å². The molecule has 0 aromatic carbocycles. The molecule has 0 spiro atoms. The lowest BCUT2D eigenvalue weighted by Gasteiger charge is -2.18. The SMILES string of the molecule is CC(C)NC(=O)O[C@@H]1CC[C@H](c2cc(Nc3ncc(C(F)(F)F)c4nc(COC(F)(F)F)cn34)n[nH]2)[C@H]1F. The van der Waals surface area contributed by atoms with E-state index >= 15 is 0 Å². The zero-order valence-corrected chi connectivity index (χ0v) is 19.8. The summed E-state index contributed by atoms with van der Waals surface area (Å²) in [5.41, 5.74) is -2.07. The molecule has 3 aromatic heterocycles. The number of anilines is 2. The van der Waals surface area contributed by atoms with Gasteiger partial charge in [-0.2, -0.15) is 18.3 Å². The lowest BCUT2D eigenvalue weighted by molar-refractivity contribution is -0.330. The molecule has 3 atom stereocenters. The Balaban J connectivity index is 1.53. The van der Waals surface area contributed by atoms with Crippen molar-refractivity contribution in [2.75, 3.05) is 5.32 Å². The molecular formula is C21H22F7N7O3. The van der Waals surface area contributed by atoms with Crippen molar-refractivity contribution >= 4 is 23.5 Å². The number of carbonyl (C=O) groups excluding carboxylic acids is 1. The van der Waals surface area contributed by atoms with E-state index in [1.54, 1.807) is 13.8 Å². The summed E-state index contributed by atoms with van der Waals surface area (Å²) in [5.74, 6) is -0.897. The molecule has 208 valence electrons. The van der Waals surface area contributed by atoms with Crippen LogP contribution in [0.3, 0.4) is 0 Å². The molecule has 1 fully saturated rings. The maximum atomic E-state index is 15.0. The lowest BCUT2D eigenvalue weighted by Crippen LogP contribution is -2.36. The average molecular weight is 553 g/mol. The van der Waals surface area contributed by atoms with Crippen LogP contribution in [0.25, 0.3) is 5.65 Å². The number of ether oxygens (including phenoxy) is 2. The summed E-state index contributed by atoms with van der Waals surface area (Å²) < 4.78 is 102. The molecule has 1 saturated carbocycles. The van der Waals surface area contributed by atoms with E-state index in [-0.39, 0.29) is 24.2 Å². The van der Waals surface area contributed by atoms with Gasteiger partial charge in [-0.3, -0.25) is 14.2 Å². The second-order valence-electron chi connectivity index (χ2n) is 8.86. The first-order valence-corrected chi connectivity index (χ1v) is 11.3. The molecule has 0 radical (unpaired) electrons. The Hall–Kier alpha value is -3.63. The number of H-pyrrole nitrogens is 1.